The molecule has 7 heteroatoms. The average Bonchev–Trinajstić information content (AvgIpc) is 2.28. The van der Waals surface area contributed by atoms with Crippen molar-refractivity contribution in [1.29, 1.82) is 0 Å². The van der Waals surface area contributed by atoms with Gasteiger partial charge in [-0.2, -0.15) is 0 Å². The van der Waals surface area contributed by atoms with Crippen molar-refractivity contribution in [2.45, 2.75) is 12.6 Å². The van der Waals surface area contributed by atoms with Gasteiger partial charge in [-0.3, -0.25) is 4.79 Å². The summed E-state index contributed by atoms with van der Waals surface area (Å²) in [5, 5.41) is 11.9. The summed E-state index contributed by atoms with van der Waals surface area (Å²) in [6, 6.07) is 3.89. The number of rotatable bonds is 2. The van der Waals surface area contributed by atoms with Gasteiger partial charge >= 0.3 is 6.03 Å². The fraction of sp³-hybridized carbons (Fsp3) is 0.273. The molecule has 0 saturated carbocycles. The number of ether oxygens (including phenoxy) is 1. The maximum absolute atomic E-state index is 11.8. The molecule has 18 heavy (non-hydrogen) atoms. The van der Waals surface area contributed by atoms with E-state index in [-0.39, 0.29) is 12.1 Å². The Morgan fingerprint density at radius 3 is 2.83 bits per heavy atom. The predicted molar refractivity (Wildman–Crippen MR) is 64.6 cm³/mol. The monoisotopic (exact) mass is 270 g/mol. The van der Waals surface area contributed by atoms with Gasteiger partial charge in [-0.25, -0.2) is 9.69 Å². The summed E-state index contributed by atoms with van der Waals surface area (Å²) in [6.07, 6.45) is -1.35. The summed E-state index contributed by atoms with van der Waals surface area (Å²) in [5.41, 5.74) is 0.249. The maximum atomic E-state index is 11.8. The molecule has 2 rings (SSSR count). The second kappa shape index (κ2) is 4.83. The van der Waals surface area contributed by atoms with Crippen LogP contribution in [0.15, 0.2) is 18.2 Å². The molecule has 1 aromatic carbocycles. The minimum Gasteiger partial charge on any atom is -0.495 e. The van der Waals surface area contributed by atoms with Crippen LogP contribution in [0.25, 0.3) is 0 Å². The number of hydrogen-bond donors (Lipinski definition) is 2. The first-order valence-electron chi connectivity index (χ1n) is 5.18. The average molecular weight is 271 g/mol. The van der Waals surface area contributed by atoms with Crippen LogP contribution in [0.1, 0.15) is 6.42 Å². The van der Waals surface area contributed by atoms with E-state index in [1.165, 1.54) is 13.2 Å². The number of hydrogen-bond acceptors (Lipinski definition) is 4. The predicted octanol–water partition coefficient (Wildman–Crippen LogP) is 1.11. The standard InChI is InChI=1S/C11H11ClN2O4/c1-18-8-3-2-6(12)4-7(8)14-10(16)5-9(15)13-11(14)17/h2-4,9,15H,5H2,1H3,(H,13,17). The van der Waals surface area contributed by atoms with Gasteiger partial charge in [0.05, 0.1) is 19.2 Å². The van der Waals surface area contributed by atoms with Crippen molar-refractivity contribution in [3.8, 4) is 5.75 Å². The number of methoxy groups -OCH3 is 1. The third kappa shape index (κ3) is 2.25. The van der Waals surface area contributed by atoms with Gasteiger partial charge in [-0.05, 0) is 18.2 Å². The van der Waals surface area contributed by atoms with Gasteiger partial charge < -0.3 is 15.2 Å². The molecule has 1 atom stereocenters. The number of anilines is 1. The van der Waals surface area contributed by atoms with Crippen molar-refractivity contribution in [3.05, 3.63) is 23.2 Å². The van der Waals surface area contributed by atoms with Gasteiger partial charge in [-0.1, -0.05) is 11.6 Å². The van der Waals surface area contributed by atoms with Crippen LogP contribution in [0, 0.1) is 0 Å². The molecule has 0 bridgehead atoms. The largest absolute Gasteiger partial charge is 0.495 e. The molecule has 1 aliphatic rings. The highest BCUT2D eigenvalue weighted by Gasteiger charge is 2.33. The number of benzene rings is 1. The van der Waals surface area contributed by atoms with Crippen LogP contribution in [0.4, 0.5) is 10.5 Å². The normalized spacial score (nSPS) is 19.7. The fourth-order valence-corrected chi connectivity index (χ4v) is 1.88. The molecule has 96 valence electrons. The van der Waals surface area contributed by atoms with Crippen LogP contribution in [0.2, 0.25) is 5.02 Å². The Morgan fingerprint density at radius 2 is 2.22 bits per heavy atom. The highest BCUT2D eigenvalue weighted by molar-refractivity contribution is 6.31. The molecule has 0 aliphatic carbocycles. The summed E-state index contributed by atoms with van der Waals surface area (Å²) >= 11 is 5.84. The minimum absolute atomic E-state index is 0.193. The molecule has 1 saturated heterocycles. The minimum atomic E-state index is -1.16. The van der Waals surface area contributed by atoms with E-state index in [2.05, 4.69) is 5.32 Å². The molecule has 1 unspecified atom stereocenters. The molecule has 1 aliphatic heterocycles. The SMILES string of the molecule is COc1ccc(Cl)cc1N1C(=O)CC(O)NC1=O. The topological polar surface area (TPSA) is 78.9 Å². The Bertz CT molecular complexity index is 488. The van der Waals surface area contributed by atoms with E-state index in [1.807, 2.05) is 0 Å². The first-order chi connectivity index (χ1) is 8.52. The third-order valence-corrected chi connectivity index (χ3v) is 2.73. The molecule has 6 nitrogen and oxygen atoms in total. The Balaban J connectivity index is 2.44. The zero-order chi connectivity index (χ0) is 13.3. The number of carbonyl (C=O) groups is 2. The lowest BCUT2D eigenvalue weighted by Crippen LogP contribution is -2.55. The zero-order valence-corrected chi connectivity index (χ0v) is 10.3. The molecule has 1 heterocycles. The number of nitrogens with zero attached hydrogens (tertiary/aromatic N) is 1. The molecule has 0 aromatic heterocycles. The molecule has 0 spiro atoms. The van der Waals surface area contributed by atoms with Crippen LogP contribution in [-0.4, -0.2) is 30.4 Å². The van der Waals surface area contributed by atoms with E-state index in [1.54, 1.807) is 12.1 Å². The van der Waals surface area contributed by atoms with Crippen LogP contribution >= 0.6 is 11.6 Å². The first kappa shape index (κ1) is 12.7. The second-order valence-corrected chi connectivity index (χ2v) is 4.15. The zero-order valence-electron chi connectivity index (χ0n) is 9.51. The van der Waals surface area contributed by atoms with Gasteiger partial charge in [0.2, 0.25) is 5.91 Å². The number of imide groups is 1. The Kier molecular flexibility index (Phi) is 3.40. The number of carbonyl (C=O) groups excluding carboxylic acids is 2. The van der Waals surface area contributed by atoms with Gasteiger partial charge in [0, 0.05) is 5.02 Å². The number of amides is 3. The van der Waals surface area contributed by atoms with Crippen molar-refractivity contribution in [1.82, 2.24) is 5.32 Å². The van der Waals surface area contributed by atoms with Gasteiger partial charge in [0.1, 0.15) is 12.0 Å². The van der Waals surface area contributed by atoms with Crippen molar-refractivity contribution < 1.29 is 19.4 Å². The molecule has 0 radical (unpaired) electrons. The molecule has 2 N–H and O–H groups in total. The van der Waals surface area contributed by atoms with E-state index >= 15 is 0 Å². The molecular weight excluding hydrogens is 260 g/mol. The van der Waals surface area contributed by atoms with Crippen molar-refractivity contribution >= 4 is 29.2 Å². The lowest BCUT2D eigenvalue weighted by molar-refractivity contribution is -0.121. The Morgan fingerprint density at radius 1 is 1.50 bits per heavy atom. The molecule has 1 aromatic rings. The van der Waals surface area contributed by atoms with Gasteiger partial charge in [0.25, 0.3) is 0 Å². The number of nitrogens with one attached hydrogen (secondary N) is 1. The van der Waals surface area contributed by atoms with E-state index in [9.17, 15) is 14.7 Å². The Labute approximate surface area is 108 Å². The van der Waals surface area contributed by atoms with E-state index in [4.69, 9.17) is 16.3 Å². The van der Waals surface area contributed by atoms with Crippen molar-refractivity contribution in [2.24, 2.45) is 0 Å². The van der Waals surface area contributed by atoms with E-state index in [0.717, 1.165) is 4.90 Å². The summed E-state index contributed by atoms with van der Waals surface area (Å²) < 4.78 is 5.08. The van der Waals surface area contributed by atoms with Crippen LogP contribution in [-0.2, 0) is 4.79 Å². The van der Waals surface area contributed by atoms with Crippen molar-refractivity contribution in [2.75, 3.05) is 12.0 Å². The van der Waals surface area contributed by atoms with Crippen LogP contribution < -0.4 is 15.0 Å². The number of halogens is 1. The number of urea groups is 1. The lowest BCUT2D eigenvalue weighted by Gasteiger charge is -2.29. The summed E-state index contributed by atoms with van der Waals surface area (Å²) in [4.78, 5) is 24.4. The second-order valence-electron chi connectivity index (χ2n) is 3.71. The van der Waals surface area contributed by atoms with Gasteiger partial charge in [0.15, 0.2) is 0 Å². The Hall–Kier alpha value is -1.79. The smallest absolute Gasteiger partial charge is 0.330 e. The lowest BCUT2D eigenvalue weighted by atomic mass is 10.2. The quantitative estimate of drug-likeness (QED) is 0.844. The van der Waals surface area contributed by atoms with Gasteiger partial charge in [-0.15, -0.1) is 0 Å². The highest BCUT2D eigenvalue weighted by atomic mass is 35.5. The number of aliphatic hydroxyl groups excluding tert-OH is 1. The van der Waals surface area contributed by atoms with E-state index < -0.39 is 18.2 Å². The number of aliphatic hydroxyl groups is 1. The summed E-state index contributed by atoms with van der Waals surface area (Å²) in [6.45, 7) is 0. The molecule has 1 fully saturated rings. The summed E-state index contributed by atoms with van der Waals surface area (Å²) in [7, 11) is 1.42. The third-order valence-electron chi connectivity index (χ3n) is 2.49. The maximum Gasteiger partial charge on any atom is 0.330 e. The van der Waals surface area contributed by atoms with E-state index in [0.29, 0.717) is 10.8 Å². The molecule has 3 amide bonds. The van der Waals surface area contributed by atoms with Crippen LogP contribution in [0.5, 0.6) is 5.75 Å². The fourth-order valence-electron chi connectivity index (χ4n) is 1.71. The highest BCUT2D eigenvalue weighted by Crippen LogP contribution is 2.32. The molecular formula is C11H11ClN2O4. The van der Waals surface area contributed by atoms with Crippen LogP contribution in [0.3, 0.4) is 0 Å². The summed E-state index contributed by atoms with van der Waals surface area (Å²) in [5.74, 6) is -0.175. The van der Waals surface area contributed by atoms with Crippen molar-refractivity contribution in [3.63, 3.8) is 0 Å². The first-order valence-corrected chi connectivity index (χ1v) is 5.56.